The fraction of sp³-hybridized carbons (Fsp3) is 0.463. The predicted molar refractivity (Wildman–Crippen MR) is 238 cm³/mol. The maximum atomic E-state index is 13.8. The molecule has 0 radical (unpaired) electrons. The zero-order valence-corrected chi connectivity index (χ0v) is 37.7. The first-order valence-electron chi connectivity index (χ1n) is 20.8. The second-order valence-electron chi connectivity index (χ2n) is 15.6. The fourth-order valence-electron chi connectivity index (χ4n) is 6.73. The number of carbonyl (C=O) groups is 10. The average Bonchev–Trinajstić information content (AvgIpc) is 3.78. The minimum Gasteiger partial charge on any atom is -0.481 e. The van der Waals surface area contributed by atoms with E-state index in [1.165, 1.54) is 37.8 Å². The molecule has 7 rings (SSSR count). The van der Waals surface area contributed by atoms with Crippen molar-refractivity contribution in [1.29, 1.82) is 0 Å². The predicted octanol–water partition coefficient (Wildman–Crippen LogP) is -1.35. The molecule has 2 fully saturated rings. The van der Waals surface area contributed by atoms with Crippen molar-refractivity contribution in [2.75, 3.05) is 24.6 Å². The summed E-state index contributed by atoms with van der Waals surface area (Å²) in [4.78, 5) is 134. The first-order chi connectivity index (χ1) is 31.4. The Bertz CT molecular complexity index is 2210. The van der Waals surface area contributed by atoms with Crippen LogP contribution in [0.1, 0.15) is 56.0 Å². The number of carbonyl (C=O) groups excluding carboxylic acids is 9. The van der Waals surface area contributed by atoms with E-state index in [1.54, 1.807) is 36.4 Å². The van der Waals surface area contributed by atoms with Crippen LogP contribution in [0.15, 0.2) is 58.8 Å². The van der Waals surface area contributed by atoms with Crippen molar-refractivity contribution in [2.45, 2.75) is 95.0 Å². The molecule has 0 saturated carbocycles. The van der Waals surface area contributed by atoms with Crippen molar-refractivity contribution < 1.29 is 58.2 Å². The molecule has 10 N–H and O–H groups in total. The number of benzene rings is 2. The molecule has 5 aliphatic heterocycles. The number of carboxylic acids is 1. The molecule has 2 aromatic carbocycles. The minimum atomic E-state index is -1.77. The van der Waals surface area contributed by atoms with Gasteiger partial charge in [0.05, 0.1) is 30.4 Å². The first-order valence-corrected chi connectivity index (χ1v) is 23.3. The Morgan fingerprint density at radius 1 is 0.682 bits per heavy atom. The van der Waals surface area contributed by atoms with Crippen molar-refractivity contribution >= 4 is 92.1 Å². The maximum Gasteiger partial charge on any atom is 0.305 e. The Hall–Kier alpha value is -6.60. The molecule has 5 aliphatic rings. The number of carboxylic acid groups (broad SMARTS) is 1. The van der Waals surface area contributed by atoms with Crippen LogP contribution < -0.4 is 42.5 Å². The number of hydrogen-bond donors (Lipinski definition) is 10. The lowest BCUT2D eigenvalue weighted by atomic mass is 10.1. The van der Waals surface area contributed by atoms with Gasteiger partial charge in [-0.05, 0) is 75.6 Å². The first kappa shape index (κ1) is 50.4. The van der Waals surface area contributed by atoms with Crippen LogP contribution >= 0.6 is 21.6 Å². The van der Waals surface area contributed by atoms with Gasteiger partial charge >= 0.3 is 5.97 Å². The lowest BCUT2D eigenvalue weighted by molar-refractivity contribution is -0.142. The van der Waals surface area contributed by atoms with Gasteiger partial charge in [-0.25, -0.2) is 0 Å². The van der Waals surface area contributed by atoms with Crippen molar-refractivity contribution in [3.63, 3.8) is 0 Å². The van der Waals surface area contributed by atoms with Gasteiger partial charge in [-0.15, -0.1) is 0 Å². The van der Waals surface area contributed by atoms with Crippen molar-refractivity contribution in [2.24, 2.45) is 10.2 Å². The molecular weight excluding hydrogens is 903 g/mol. The van der Waals surface area contributed by atoms with E-state index in [2.05, 4.69) is 52.8 Å². The van der Waals surface area contributed by atoms with Crippen LogP contribution in [0, 0.1) is 0 Å². The summed E-state index contributed by atoms with van der Waals surface area (Å²) in [5, 5.41) is 48.4. The lowest BCUT2D eigenvalue weighted by Gasteiger charge is -2.28. The number of nitrogens with one attached hydrogen (secondary N) is 8. The molecule has 9 amide bonds. The highest BCUT2D eigenvalue weighted by atomic mass is 33.1. The number of nitrogens with zero attached hydrogens (tertiary/aromatic N) is 3. The van der Waals surface area contributed by atoms with Gasteiger partial charge in [-0.2, -0.15) is 10.2 Å². The third-order valence-electron chi connectivity index (χ3n) is 10.5. The molecule has 6 bridgehead atoms. The normalized spacial score (nSPS) is 26.5. The molecule has 8 atom stereocenters. The third-order valence-corrected chi connectivity index (χ3v) is 12.9. The van der Waals surface area contributed by atoms with Gasteiger partial charge in [-0.1, -0.05) is 33.7 Å². The van der Waals surface area contributed by atoms with E-state index in [1.807, 2.05) is 0 Å². The van der Waals surface area contributed by atoms with E-state index in [9.17, 15) is 58.2 Å². The minimum absolute atomic E-state index is 0.119. The molecule has 66 heavy (non-hydrogen) atoms. The highest BCUT2D eigenvalue weighted by molar-refractivity contribution is 8.76. The number of rotatable bonds is 3. The number of amides is 9. The summed E-state index contributed by atoms with van der Waals surface area (Å²) in [6.45, 7) is 3.55. The van der Waals surface area contributed by atoms with Gasteiger partial charge in [0.25, 0.3) is 5.91 Å². The summed E-state index contributed by atoms with van der Waals surface area (Å²) < 4.78 is 0. The Labute approximate surface area is 386 Å². The summed E-state index contributed by atoms with van der Waals surface area (Å²) in [5.74, 6) is -9.32. The molecule has 2 aromatic rings. The highest BCUT2D eigenvalue weighted by Gasteiger charge is 2.37. The molecule has 5 heterocycles. The summed E-state index contributed by atoms with van der Waals surface area (Å²) in [6, 6.07) is 3.22. The van der Waals surface area contributed by atoms with E-state index >= 15 is 0 Å². The largest absolute Gasteiger partial charge is 0.481 e. The molecular formula is C41H51N11O12S2. The summed E-state index contributed by atoms with van der Waals surface area (Å²) in [5.41, 5.74) is 1.81. The standard InChI is InChI=1S/C41H51N11O12S2/c1-20-34(57)47-28-18-65-66-19-29(48-41(64)33(22(3)53)49-35(58)21(2)45-38(28)61)39(62)46-27(15-32(55)56)37(60)43-17-31(54)52-14-4-5-30(52)40(63)42-16-23-6-10-25(11-7-23)50-51-26-12-8-24(9-13-26)36(59)44-20/h6-13,20-22,27-30,33,53H,4-5,14-19H2,1-3H3,(H,42,63)(H,43,60)(H,44,59)(H,45,61)(H,46,62)(H,47,57)(H,48,64)(H,49,58)(H,55,56)/t20-,21-,22+,27-,28-,29-,30-,33-/m0/s1. The van der Waals surface area contributed by atoms with Crippen LogP contribution in [0.3, 0.4) is 0 Å². The van der Waals surface area contributed by atoms with Crippen LogP contribution in [0.2, 0.25) is 0 Å². The lowest BCUT2D eigenvalue weighted by Crippen LogP contribution is -2.62. The molecule has 0 aliphatic carbocycles. The Morgan fingerprint density at radius 3 is 1.83 bits per heavy atom. The molecule has 23 nitrogen and oxygen atoms in total. The second-order valence-corrected chi connectivity index (χ2v) is 18.1. The highest BCUT2D eigenvalue weighted by Crippen LogP contribution is 2.24. The van der Waals surface area contributed by atoms with Crippen molar-refractivity contribution in [3.8, 4) is 0 Å². The van der Waals surface area contributed by atoms with Gasteiger partial charge in [-0.3, -0.25) is 47.9 Å². The van der Waals surface area contributed by atoms with Crippen LogP contribution in [-0.4, -0.2) is 147 Å². The SMILES string of the molecule is C[C@@H]1NC(=O)c2ccc(cc2)N=Nc2ccc(cc2)CNC(=O)[C@@H]2CCCN2C(=O)CNC(=O)[C@H](CC(=O)O)NC(=O)[C@@H]2CSSC[C@H](NC1=O)C(=O)N[C@@H](C)C(=O)N[C@@H]([C@@H](C)O)C(=O)N2. The van der Waals surface area contributed by atoms with E-state index in [-0.39, 0.29) is 30.2 Å². The molecule has 2 saturated heterocycles. The van der Waals surface area contributed by atoms with E-state index in [4.69, 9.17) is 0 Å². The molecule has 25 heteroatoms. The van der Waals surface area contributed by atoms with Gasteiger partial charge in [0.2, 0.25) is 47.3 Å². The second kappa shape index (κ2) is 23.5. The van der Waals surface area contributed by atoms with E-state index in [0.717, 1.165) is 27.2 Å². The maximum absolute atomic E-state index is 13.8. The monoisotopic (exact) mass is 953 g/mol. The molecule has 354 valence electrons. The van der Waals surface area contributed by atoms with Crippen LogP contribution in [-0.2, 0) is 49.7 Å². The molecule has 0 unspecified atom stereocenters. The van der Waals surface area contributed by atoms with Gasteiger partial charge in [0.15, 0.2) is 0 Å². The van der Waals surface area contributed by atoms with Crippen LogP contribution in [0.4, 0.5) is 11.4 Å². The van der Waals surface area contributed by atoms with E-state index < -0.39 is 120 Å². The number of aliphatic carboxylic acids is 1. The van der Waals surface area contributed by atoms with Crippen molar-refractivity contribution in [3.05, 3.63) is 59.7 Å². The molecule has 0 spiro atoms. The quantitative estimate of drug-likeness (QED) is 0.159. The van der Waals surface area contributed by atoms with Gasteiger partial charge in [0, 0.05) is 30.2 Å². The third kappa shape index (κ3) is 14.2. The zero-order chi connectivity index (χ0) is 48.1. The number of fused-ring (bicyclic) bond motifs is 2. The smallest absolute Gasteiger partial charge is 0.305 e. The molecule has 0 aromatic heterocycles. The summed E-state index contributed by atoms with van der Waals surface area (Å²) in [6.07, 6.45) is -1.64. The Balaban J connectivity index is 1.43. The number of hydrogen-bond acceptors (Lipinski definition) is 15. The van der Waals surface area contributed by atoms with Gasteiger partial charge < -0.3 is 57.6 Å². The van der Waals surface area contributed by atoms with Crippen LogP contribution in [0.25, 0.3) is 0 Å². The fourth-order valence-corrected chi connectivity index (χ4v) is 9.06. The number of aliphatic hydroxyl groups is 1. The van der Waals surface area contributed by atoms with Crippen LogP contribution in [0.5, 0.6) is 0 Å². The Morgan fingerprint density at radius 2 is 1.23 bits per heavy atom. The number of aliphatic hydroxyl groups excluding tert-OH is 1. The zero-order valence-electron chi connectivity index (χ0n) is 36.0. The van der Waals surface area contributed by atoms with E-state index in [0.29, 0.717) is 24.2 Å². The topological polar surface area (TPSA) is 335 Å². The average molecular weight is 954 g/mol. The summed E-state index contributed by atoms with van der Waals surface area (Å²) >= 11 is 0. The van der Waals surface area contributed by atoms with Gasteiger partial charge in [0.1, 0.15) is 42.3 Å². The number of azo groups is 1. The Kier molecular flexibility index (Phi) is 18.0. The van der Waals surface area contributed by atoms with Crippen molar-refractivity contribution in [1.82, 2.24) is 47.4 Å². The summed E-state index contributed by atoms with van der Waals surface area (Å²) in [7, 11) is 1.91.